The van der Waals surface area contributed by atoms with Gasteiger partial charge in [0.15, 0.2) is 0 Å². The van der Waals surface area contributed by atoms with Crippen molar-refractivity contribution in [1.29, 1.82) is 0 Å². The zero-order chi connectivity index (χ0) is 22.0. The van der Waals surface area contributed by atoms with E-state index in [9.17, 15) is 14.4 Å². The van der Waals surface area contributed by atoms with Crippen LogP contribution in [-0.2, 0) is 13.1 Å². The number of benzene rings is 1. The van der Waals surface area contributed by atoms with Crippen LogP contribution in [0.5, 0.6) is 0 Å². The molecule has 2 N–H and O–H groups in total. The third kappa shape index (κ3) is 4.29. The van der Waals surface area contributed by atoms with Crippen molar-refractivity contribution < 1.29 is 4.79 Å². The van der Waals surface area contributed by atoms with Gasteiger partial charge in [0.25, 0.3) is 11.5 Å². The van der Waals surface area contributed by atoms with Crippen molar-refractivity contribution in [2.45, 2.75) is 38.8 Å². The number of amides is 1. The number of aromatic amines is 1. The Balaban J connectivity index is 1.42. The average Bonchev–Trinajstić information content (AvgIpc) is 2.79. The normalized spacial score (nSPS) is 15.3. The highest BCUT2D eigenvalue weighted by Crippen LogP contribution is 2.28. The molecular formula is C23H27N5O3. The minimum atomic E-state index is -0.367. The molecule has 162 valence electrons. The topological polar surface area (TPSA) is 100 Å². The molecule has 0 unspecified atom stereocenters. The van der Waals surface area contributed by atoms with E-state index in [-0.39, 0.29) is 17.2 Å². The number of likely N-dealkylation sites (tertiary alicyclic amines) is 1. The molecule has 1 saturated heterocycles. The number of hydrogen-bond donors (Lipinski definition) is 2. The Kier molecular flexibility index (Phi) is 5.99. The number of hydrogen-bond acceptors (Lipinski definition) is 5. The maximum Gasteiger partial charge on any atom is 0.328 e. The Morgan fingerprint density at radius 3 is 2.61 bits per heavy atom. The minimum absolute atomic E-state index is 0.174. The van der Waals surface area contributed by atoms with E-state index in [1.807, 2.05) is 30.5 Å². The summed E-state index contributed by atoms with van der Waals surface area (Å²) in [6.07, 6.45) is 3.85. The summed E-state index contributed by atoms with van der Waals surface area (Å²) in [6.45, 7) is 4.81. The first kappa shape index (κ1) is 21.0. The Morgan fingerprint density at radius 2 is 1.97 bits per heavy atom. The Hall–Kier alpha value is -3.26. The fraction of sp³-hybridized carbons (Fsp3) is 0.391. The van der Waals surface area contributed by atoms with Gasteiger partial charge in [0, 0.05) is 26.3 Å². The lowest BCUT2D eigenvalue weighted by Gasteiger charge is -2.32. The summed E-state index contributed by atoms with van der Waals surface area (Å²) in [7, 11) is 1.60. The standard InChI is InChI=1S/C23H27N5O3/c1-3-28-22(30)18-6-4-15(12-20(18)26-23(28)31)14-27-10-8-16(9-11-27)17-5-7-19(25-13-17)21(29)24-2/h4-7,12-13,16H,3,8-11,14H2,1-2H3,(H,24,29)(H,26,31). The molecule has 3 heterocycles. The van der Waals surface area contributed by atoms with Crippen LogP contribution in [-0.4, -0.2) is 45.5 Å². The Morgan fingerprint density at radius 1 is 1.19 bits per heavy atom. The maximum absolute atomic E-state index is 12.4. The van der Waals surface area contributed by atoms with Crippen LogP contribution in [0.2, 0.25) is 0 Å². The summed E-state index contributed by atoms with van der Waals surface area (Å²) in [5.74, 6) is 0.259. The van der Waals surface area contributed by atoms with E-state index in [0.29, 0.717) is 29.1 Å². The van der Waals surface area contributed by atoms with Gasteiger partial charge in [-0.3, -0.25) is 24.0 Å². The first-order valence-electron chi connectivity index (χ1n) is 10.7. The SMILES string of the molecule is CCn1c(=O)[nH]c2cc(CN3CCC(c4ccc(C(=O)NC)nc4)CC3)ccc2c1=O. The van der Waals surface area contributed by atoms with Crippen LogP contribution in [0.15, 0.2) is 46.1 Å². The van der Waals surface area contributed by atoms with E-state index in [0.717, 1.165) is 38.0 Å². The molecule has 0 bridgehead atoms. The van der Waals surface area contributed by atoms with Crippen LogP contribution in [0.4, 0.5) is 0 Å². The second-order valence-corrected chi connectivity index (χ2v) is 7.97. The molecule has 2 aromatic heterocycles. The number of carbonyl (C=O) groups excluding carboxylic acids is 1. The number of piperidine rings is 1. The number of pyridine rings is 1. The lowest BCUT2D eigenvalue weighted by atomic mass is 9.90. The minimum Gasteiger partial charge on any atom is -0.354 e. The highest BCUT2D eigenvalue weighted by Gasteiger charge is 2.21. The van der Waals surface area contributed by atoms with Gasteiger partial charge in [0.2, 0.25) is 0 Å². The van der Waals surface area contributed by atoms with Crippen LogP contribution >= 0.6 is 0 Å². The van der Waals surface area contributed by atoms with Gasteiger partial charge in [-0.2, -0.15) is 0 Å². The van der Waals surface area contributed by atoms with Gasteiger partial charge in [-0.05, 0) is 68.1 Å². The van der Waals surface area contributed by atoms with Gasteiger partial charge in [-0.1, -0.05) is 12.1 Å². The molecule has 0 saturated carbocycles. The molecule has 0 radical (unpaired) electrons. The van der Waals surface area contributed by atoms with Crippen molar-refractivity contribution in [2.24, 2.45) is 0 Å². The molecule has 4 rings (SSSR count). The zero-order valence-electron chi connectivity index (χ0n) is 17.9. The number of nitrogens with zero attached hydrogens (tertiary/aromatic N) is 3. The predicted molar refractivity (Wildman–Crippen MR) is 119 cm³/mol. The maximum atomic E-state index is 12.4. The Bertz CT molecular complexity index is 1200. The molecule has 0 aliphatic carbocycles. The monoisotopic (exact) mass is 421 g/mol. The van der Waals surface area contributed by atoms with Crippen molar-refractivity contribution >= 4 is 16.8 Å². The van der Waals surface area contributed by atoms with Crippen molar-refractivity contribution in [2.75, 3.05) is 20.1 Å². The van der Waals surface area contributed by atoms with Crippen LogP contribution in [0, 0.1) is 0 Å². The van der Waals surface area contributed by atoms with E-state index < -0.39 is 0 Å². The second-order valence-electron chi connectivity index (χ2n) is 7.97. The summed E-state index contributed by atoms with van der Waals surface area (Å²) in [6, 6.07) is 9.46. The molecule has 0 atom stereocenters. The summed E-state index contributed by atoms with van der Waals surface area (Å²) in [4.78, 5) is 45.7. The second kappa shape index (κ2) is 8.85. The fourth-order valence-corrected chi connectivity index (χ4v) is 4.28. The molecule has 8 nitrogen and oxygen atoms in total. The quantitative estimate of drug-likeness (QED) is 0.655. The summed E-state index contributed by atoms with van der Waals surface area (Å²) >= 11 is 0. The largest absolute Gasteiger partial charge is 0.354 e. The third-order valence-corrected chi connectivity index (χ3v) is 6.07. The van der Waals surface area contributed by atoms with Crippen molar-refractivity contribution in [3.05, 3.63) is 74.2 Å². The van der Waals surface area contributed by atoms with E-state index in [1.54, 1.807) is 20.0 Å². The van der Waals surface area contributed by atoms with E-state index in [2.05, 4.69) is 20.2 Å². The molecule has 1 aliphatic heterocycles. The van der Waals surface area contributed by atoms with E-state index in [1.165, 1.54) is 10.1 Å². The molecule has 1 aromatic carbocycles. The third-order valence-electron chi connectivity index (χ3n) is 6.07. The number of H-pyrrole nitrogens is 1. The molecule has 0 spiro atoms. The number of rotatable bonds is 5. The smallest absolute Gasteiger partial charge is 0.328 e. The molecule has 8 heteroatoms. The first-order chi connectivity index (χ1) is 15.0. The van der Waals surface area contributed by atoms with E-state index >= 15 is 0 Å². The lowest BCUT2D eigenvalue weighted by molar-refractivity contribution is 0.0958. The van der Waals surface area contributed by atoms with Gasteiger partial charge in [0.1, 0.15) is 5.69 Å². The highest BCUT2D eigenvalue weighted by atomic mass is 16.2. The highest BCUT2D eigenvalue weighted by molar-refractivity contribution is 5.91. The predicted octanol–water partition coefficient (Wildman–Crippen LogP) is 1.84. The van der Waals surface area contributed by atoms with Crippen LogP contribution in [0.25, 0.3) is 10.9 Å². The van der Waals surface area contributed by atoms with Crippen LogP contribution < -0.4 is 16.6 Å². The van der Waals surface area contributed by atoms with Crippen molar-refractivity contribution in [3.63, 3.8) is 0 Å². The molecule has 31 heavy (non-hydrogen) atoms. The number of aromatic nitrogens is 3. The van der Waals surface area contributed by atoms with Gasteiger partial charge in [-0.15, -0.1) is 0 Å². The average molecular weight is 422 g/mol. The molecule has 1 amide bonds. The summed E-state index contributed by atoms with van der Waals surface area (Å²) in [5.41, 5.74) is 2.66. The van der Waals surface area contributed by atoms with Crippen LogP contribution in [0.1, 0.15) is 47.3 Å². The van der Waals surface area contributed by atoms with Gasteiger partial charge in [0.05, 0.1) is 10.9 Å². The van der Waals surface area contributed by atoms with Crippen molar-refractivity contribution in [3.8, 4) is 0 Å². The number of carbonyl (C=O) groups is 1. The molecular weight excluding hydrogens is 394 g/mol. The van der Waals surface area contributed by atoms with Crippen LogP contribution in [0.3, 0.4) is 0 Å². The number of nitrogens with one attached hydrogen (secondary N) is 2. The van der Waals surface area contributed by atoms with Crippen molar-refractivity contribution in [1.82, 2.24) is 24.8 Å². The summed E-state index contributed by atoms with van der Waals surface area (Å²) in [5, 5.41) is 3.12. The first-order valence-corrected chi connectivity index (χ1v) is 10.7. The molecule has 1 aliphatic rings. The fourth-order valence-electron chi connectivity index (χ4n) is 4.28. The summed E-state index contributed by atoms with van der Waals surface area (Å²) < 4.78 is 1.21. The van der Waals surface area contributed by atoms with Gasteiger partial charge >= 0.3 is 5.69 Å². The number of fused-ring (bicyclic) bond motifs is 1. The lowest BCUT2D eigenvalue weighted by Crippen LogP contribution is -2.34. The van der Waals surface area contributed by atoms with Gasteiger partial charge in [-0.25, -0.2) is 4.79 Å². The Labute approximate surface area is 179 Å². The molecule has 1 fully saturated rings. The zero-order valence-corrected chi connectivity index (χ0v) is 17.9. The molecule has 3 aromatic rings. The van der Waals surface area contributed by atoms with E-state index in [4.69, 9.17) is 0 Å². The van der Waals surface area contributed by atoms with Gasteiger partial charge < -0.3 is 10.3 Å².